The highest BCUT2D eigenvalue weighted by atomic mass is 16.5. The van der Waals surface area contributed by atoms with Crippen LogP contribution in [0.25, 0.3) is 0 Å². The molecule has 0 aliphatic rings. The molecule has 2 nitrogen and oxygen atoms in total. The lowest BCUT2D eigenvalue weighted by molar-refractivity contribution is 0.0818. The molecule has 0 saturated heterocycles. The third kappa shape index (κ3) is 3.94. The van der Waals surface area contributed by atoms with Crippen LogP contribution in [0.1, 0.15) is 43.6 Å². The Hall–Kier alpha value is -2.09. The standard InChI is InChI=1S/C19H22O2/c1-14(18(20)15-9-6-5-7-10-15)21-17-12-8-11-16(13-17)19(2,3)4/h5-14H,1-4H3. The van der Waals surface area contributed by atoms with Crippen LogP contribution < -0.4 is 4.74 Å². The lowest BCUT2D eigenvalue weighted by atomic mass is 9.87. The first-order chi connectivity index (χ1) is 9.88. The molecule has 0 fully saturated rings. The molecule has 1 atom stereocenters. The maximum Gasteiger partial charge on any atom is 0.202 e. The number of Topliss-reactive ketones (excluding diaryl/α,β-unsaturated/α-hetero) is 1. The first kappa shape index (κ1) is 15.3. The Bertz CT molecular complexity index is 609. The quantitative estimate of drug-likeness (QED) is 0.764. The van der Waals surface area contributed by atoms with E-state index in [-0.39, 0.29) is 11.2 Å². The molecule has 1 unspecified atom stereocenters. The van der Waals surface area contributed by atoms with E-state index in [1.807, 2.05) is 48.5 Å². The maximum atomic E-state index is 12.3. The summed E-state index contributed by atoms with van der Waals surface area (Å²) in [6, 6.07) is 17.2. The summed E-state index contributed by atoms with van der Waals surface area (Å²) in [5.41, 5.74) is 1.93. The summed E-state index contributed by atoms with van der Waals surface area (Å²) in [5.74, 6) is 0.732. The molecule has 110 valence electrons. The number of rotatable bonds is 4. The van der Waals surface area contributed by atoms with Gasteiger partial charge < -0.3 is 4.74 Å². The normalized spacial score (nSPS) is 12.8. The molecular formula is C19H22O2. The van der Waals surface area contributed by atoms with Crippen LogP contribution in [0.3, 0.4) is 0 Å². The lowest BCUT2D eigenvalue weighted by Gasteiger charge is -2.21. The fourth-order valence-electron chi connectivity index (χ4n) is 2.13. The molecule has 0 N–H and O–H groups in total. The summed E-state index contributed by atoms with van der Waals surface area (Å²) in [6.07, 6.45) is -0.498. The topological polar surface area (TPSA) is 26.3 Å². The highest BCUT2D eigenvalue weighted by Gasteiger charge is 2.18. The van der Waals surface area contributed by atoms with Crippen molar-refractivity contribution in [2.75, 3.05) is 0 Å². The van der Waals surface area contributed by atoms with Gasteiger partial charge in [-0.05, 0) is 30.0 Å². The average Bonchev–Trinajstić information content (AvgIpc) is 2.47. The number of ether oxygens (including phenoxy) is 1. The third-order valence-corrected chi connectivity index (χ3v) is 3.44. The summed E-state index contributed by atoms with van der Waals surface area (Å²) < 4.78 is 5.82. The fourth-order valence-corrected chi connectivity index (χ4v) is 2.13. The first-order valence-corrected chi connectivity index (χ1v) is 7.24. The first-order valence-electron chi connectivity index (χ1n) is 7.24. The lowest BCUT2D eigenvalue weighted by Crippen LogP contribution is -2.24. The second-order valence-corrected chi connectivity index (χ2v) is 6.27. The maximum absolute atomic E-state index is 12.3. The van der Waals surface area contributed by atoms with Gasteiger partial charge in [0.2, 0.25) is 5.78 Å². The molecule has 2 aromatic rings. The molecule has 0 bridgehead atoms. The van der Waals surface area contributed by atoms with E-state index >= 15 is 0 Å². The van der Waals surface area contributed by atoms with E-state index in [1.54, 1.807) is 6.92 Å². The number of carbonyl (C=O) groups is 1. The van der Waals surface area contributed by atoms with Crippen molar-refractivity contribution in [3.05, 3.63) is 65.7 Å². The molecule has 0 saturated carbocycles. The molecule has 2 rings (SSSR count). The number of carbonyl (C=O) groups excluding carboxylic acids is 1. The minimum Gasteiger partial charge on any atom is -0.483 e. The van der Waals surface area contributed by atoms with E-state index in [2.05, 4.69) is 26.8 Å². The van der Waals surface area contributed by atoms with Gasteiger partial charge in [-0.3, -0.25) is 4.79 Å². The van der Waals surface area contributed by atoms with Crippen molar-refractivity contribution in [3.8, 4) is 5.75 Å². The van der Waals surface area contributed by atoms with Gasteiger partial charge in [-0.1, -0.05) is 63.2 Å². The zero-order valence-electron chi connectivity index (χ0n) is 13.1. The van der Waals surface area contributed by atoms with Crippen molar-refractivity contribution in [2.45, 2.75) is 39.2 Å². The van der Waals surface area contributed by atoms with Crippen LogP contribution in [-0.2, 0) is 5.41 Å². The molecule has 0 aliphatic heterocycles. The SMILES string of the molecule is CC(Oc1cccc(C(C)(C)C)c1)C(=O)c1ccccc1. The van der Waals surface area contributed by atoms with Gasteiger partial charge in [0.25, 0.3) is 0 Å². The molecule has 0 spiro atoms. The molecule has 0 amide bonds. The Kier molecular flexibility index (Phi) is 4.46. The zero-order chi connectivity index (χ0) is 15.5. The summed E-state index contributed by atoms with van der Waals surface area (Å²) >= 11 is 0. The second kappa shape index (κ2) is 6.13. The van der Waals surface area contributed by atoms with Crippen LogP contribution in [0.2, 0.25) is 0 Å². The summed E-state index contributed by atoms with van der Waals surface area (Å²) in [4.78, 5) is 12.3. The summed E-state index contributed by atoms with van der Waals surface area (Å²) in [5, 5.41) is 0. The van der Waals surface area contributed by atoms with Crippen LogP contribution >= 0.6 is 0 Å². The van der Waals surface area contributed by atoms with Crippen molar-refractivity contribution >= 4 is 5.78 Å². The van der Waals surface area contributed by atoms with Gasteiger partial charge in [-0.25, -0.2) is 0 Å². The molecule has 2 heteroatoms. The fraction of sp³-hybridized carbons (Fsp3) is 0.316. The zero-order valence-corrected chi connectivity index (χ0v) is 13.1. The molecule has 0 aliphatic carbocycles. The Balaban J connectivity index is 2.13. The van der Waals surface area contributed by atoms with Crippen molar-refractivity contribution < 1.29 is 9.53 Å². The van der Waals surface area contributed by atoms with Gasteiger partial charge in [0, 0.05) is 5.56 Å². The largest absolute Gasteiger partial charge is 0.483 e. The van der Waals surface area contributed by atoms with Crippen LogP contribution in [-0.4, -0.2) is 11.9 Å². The van der Waals surface area contributed by atoms with E-state index in [9.17, 15) is 4.79 Å². The van der Waals surface area contributed by atoms with Gasteiger partial charge in [-0.15, -0.1) is 0 Å². The number of hydrogen-bond donors (Lipinski definition) is 0. The van der Waals surface area contributed by atoms with E-state index in [4.69, 9.17) is 4.74 Å². The third-order valence-electron chi connectivity index (χ3n) is 3.44. The van der Waals surface area contributed by atoms with Gasteiger partial charge >= 0.3 is 0 Å². The van der Waals surface area contributed by atoms with E-state index in [0.29, 0.717) is 5.56 Å². The van der Waals surface area contributed by atoms with E-state index < -0.39 is 6.10 Å². The van der Waals surface area contributed by atoms with E-state index in [1.165, 1.54) is 5.56 Å². The van der Waals surface area contributed by atoms with Gasteiger partial charge in [0.1, 0.15) is 5.75 Å². The molecule has 0 radical (unpaired) electrons. The smallest absolute Gasteiger partial charge is 0.202 e. The van der Waals surface area contributed by atoms with Crippen molar-refractivity contribution in [1.29, 1.82) is 0 Å². The Morgan fingerprint density at radius 1 is 1.00 bits per heavy atom. The molecule has 21 heavy (non-hydrogen) atoms. The van der Waals surface area contributed by atoms with Crippen molar-refractivity contribution in [2.24, 2.45) is 0 Å². The van der Waals surface area contributed by atoms with Crippen molar-refractivity contribution in [1.82, 2.24) is 0 Å². The molecule has 2 aromatic carbocycles. The number of benzene rings is 2. The predicted octanol–water partition coefficient (Wildman–Crippen LogP) is 4.63. The average molecular weight is 282 g/mol. The summed E-state index contributed by atoms with van der Waals surface area (Å²) in [6.45, 7) is 8.26. The highest BCUT2D eigenvalue weighted by molar-refractivity contribution is 5.99. The van der Waals surface area contributed by atoms with Gasteiger partial charge in [0.15, 0.2) is 6.10 Å². The molecular weight excluding hydrogens is 260 g/mol. The van der Waals surface area contributed by atoms with Crippen molar-refractivity contribution in [3.63, 3.8) is 0 Å². The second-order valence-electron chi connectivity index (χ2n) is 6.27. The number of ketones is 1. The van der Waals surface area contributed by atoms with Gasteiger partial charge in [0.05, 0.1) is 0 Å². The van der Waals surface area contributed by atoms with Crippen LogP contribution in [0, 0.1) is 0 Å². The number of hydrogen-bond acceptors (Lipinski definition) is 2. The Morgan fingerprint density at radius 2 is 1.67 bits per heavy atom. The summed E-state index contributed by atoms with van der Waals surface area (Å²) in [7, 11) is 0. The molecule has 0 aromatic heterocycles. The highest BCUT2D eigenvalue weighted by Crippen LogP contribution is 2.26. The molecule has 0 heterocycles. The Morgan fingerprint density at radius 3 is 2.29 bits per heavy atom. The van der Waals surface area contributed by atoms with Crippen LogP contribution in [0.15, 0.2) is 54.6 Å². The van der Waals surface area contributed by atoms with E-state index in [0.717, 1.165) is 5.75 Å². The predicted molar refractivity (Wildman–Crippen MR) is 86.0 cm³/mol. The van der Waals surface area contributed by atoms with Crippen LogP contribution in [0.5, 0.6) is 5.75 Å². The Labute approximate surface area is 126 Å². The minimum atomic E-state index is -0.498. The van der Waals surface area contributed by atoms with Gasteiger partial charge in [-0.2, -0.15) is 0 Å². The van der Waals surface area contributed by atoms with Crippen LogP contribution in [0.4, 0.5) is 0 Å². The minimum absolute atomic E-state index is 0.00300. The monoisotopic (exact) mass is 282 g/mol.